The van der Waals surface area contributed by atoms with E-state index in [-0.39, 0.29) is 51.3 Å². The van der Waals surface area contributed by atoms with Crippen LogP contribution in [-0.4, -0.2) is 19.8 Å². The summed E-state index contributed by atoms with van der Waals surface area (Å²) in [6, 6.07) is 13.5. The third-order valence-corrected chi connectivity index (χ3v) is 3.56. The predicted molar refractivity (Wildman–Crippen MR) is 94.5 cm³/mol. The van der Waals surface area contributed by atoms with Crippen LogP contribution >= 0.6 is 0 Å². The van der Waals surface area contributed by atoms with E-state index in [0.717, 1.165) is 11.1 Å². The Kier molecular flexibility index (Phi) is 9.80. The minimum absolute atomic E-state index is 0. The molecule has 2 rings (SSSR count). The first-order valence-electron chi connectivity index (χ1n) is 7.94. The van der Waals surface area contributed by atoms with E-state index >= 15 is 0 Å². The summed E-state index contributed by atoms with van der Waals surface area (Å²) in [7, 11) is 0. The third-order valence-electron chi connectivity index (χ3n) is 3.56. The van der Waals surface area contributed by atoms with Crippen LogP contribution in [0.15, 0.2) is 48.5 Å². The Morgan fingerprint density at radius 2 is 0.920 bits per heavy atom. The van der Waals surface area contributed by atoms with Crippen LogP contribution in [-0.2, 0) is 17.1 Å². The third kappa shape index (κ3) is 6.73. The molecule has 0 saturated heterocycles. The molecule has 0 aromatic heterocycles. The summed E-state index contributed by atoms with van der Waals surface area (Å²) < 4.78 is 0. The summed E-state index contributed by atoms with van der Waals surface area (Å²) in [6.45, 7) is 7.87. The van der Waals surface area contributed by atoms with Crippen molar-refractivity contribution in [2.45, 2.75) is 39.5 Å². The van der Waals surface area contributed by atoms with Gasteiger partial charge in [-0.15, -0.1) is 0 Å². The van der Waals surface area contributed by atoms with E-state index in [1.807, 2.05) is 27.7 Å². The molecule has 0 aliphatic carbocycles. The molecule has 0 bridgehead atoms. The Balaban J connectivity index is 0.000000443. The molecule has 2 aromatic carbocycles. The van der Waals surface area contributed by atoms with Crippen molar-refractivity contribution in [2.75, 3.05) is 0 Å². The second-order valence-electron chi connectivity index (χ2n) is 6.12. The Labute approximate surface area is 158 Å². The van der Waals surface area contributed by atoms with Gasteiger partial charge in [-0.2, -0.15) is 0 Å². The number of hydrogen-bond acceptors (Lipinski definition) is 2. The normalized spacial score (nSPS) is 9.84. The van der Waals surface area contributed by atoms with Crippen LogP contribution in [0.1, 0.15) is 50.7 Å². The standard InChI is InChI=1S/2C10H12O2.Cu/c2*1-7(2)8-5-3-4-6-9(11)10(8)12;/h2*3-7H,1-2H3,(H,11,12);/p+2. The smallest absolute Gasteiger partial charge is 0.384 e. The van der Waals surface area contributed by atoms with Gasteiger partial charge >= 0.3 is 10.9 Å². The molecule has 0 atom stereocenters. The van der Waals surface area contributed by atoms with Gasteiger partial charge in [0.15, 0.2) is 0 Å². The van der Waals surface area contributed by atoms with Gasteiger partial charge in [0.05, 0.1) is 11.1 Å². The number of rotatable bonds is 2. The van der Waals surface area contributed by atoms with Crippen LogP contribution < -0.4 is 10.9 Å². The van der Waals surface area contributed by atoms with E-state index in [1.54, 1.807) is 36.4 Å². The van der Waals surface area contributed by atoms with Gasteiger partial charge in [-0.3, -0.25) is 9.59 Å². The summed E-state index contributed by atoms with van der Waals surface area (Å²) in [5.41, 5.74) is 1.49. The van der Waals surface area contributed by atoms with Crippen molar-refractivity contribution in [1.82, 2.24) is 0 Å². The number of hydrogen-bond donors (Lipinski definition) is 2. The maximum atomic E-state index is 9.48. The van der Waals surface area contributed by atoms with Gasteiger partial charge in [0.2, 0.25) is 11.5 Å². The molecule has 0 aliphatic rings. The molecule has 5 heteroatoms. The van der Waals surface area contributed by atoms with Crippen molar-refractivity contribution in [2.24, 2.45) is 0 Å². The van der Waals surface area contributed by atoms with Gasteiger partial charge in [-0.25, -0.2) is 0 Å². The fourth-order valence-electron chi connectivity index (χ4n) is 2.16. The maximum absolute atomic E-state index is 9.48. The first-order chi connectivity index (χ1) is 11.3. The molecule has 0 amide bonds. The first-order valence-corrected chi connectivity index (χ1v) is 7.94. The van der Waals surface area contributed by atoms with Crippen molar-refractivity contribution >= 4 is 0 Å². The molecule has 0 aliphatic heterocycles. The van der Waals surface area contributed by atoms with Crippen LogP contribution in [0.2, 0.25) is 0 Å². The minimum atomic E-state index is -0.0660. The fraction of sp³-hybridized carbons (Fsp3) is 0.300. The molecule has 0 fully saturated rings. The van der Waals surface area contributed by atoms with Gasteiger partial charge < -0.3 is 10.2 Å². The van der Waals surface area contributed by atoms with E-state index in [1.165, 1.54) is 12.1 Å². The second-order valence-corrected chi connectivity index (χ2v) is 6.12. The average molecular weight is 394 g/mol. The molecule has 139 valence electrons. The number of aromatic hydroxyl groups is 2. The zero-order valence-corrected chi connectivity index (χ0v) is 15.8. The summed E-state index contributed by atoms with van der Waals surface area (Å²) >= 11 is 0. The van der Waals surface area contributed by atoms with Gasteiger partial charge in [0.25, 0.3) is 0 Å². The Hall–Kier alpha value is -2.10. The molecule has 0 spiro atoms. The van der Waals surface area contributed by atoms with E-state index in [2.05, 4.69) is 0 Å². The van der Waals surface area contributed by atoms with Crippen LogP contribution in [0.4, 0.5) is 0 Å². The van der Waals surface area contributed by atoms with Gasteiger partial charge in [-0.1, -0.05) is 52.0 Å². The minimum Gasteiger partial charge on any atom is -0.500 e. The average Bonchev–Trinajstić information content (AvgIpc) is 2.78. The summed E-state index contributed by atoms with van der Waals surface area (Å²) in [5.74, 6) is 0.291. The van der Waals surface area contributed by atoms with Crippen LogP contribution in [0.5, 0.6) is 11.5 Å². The molecule has 2 aromatic rings. The molecular formula is C20H26CuO4+2. The van der Waals surface area contributed by atoms with Gasteiger partial charge in [0, 0.05) is 17.1 Å². The summed E-state index contributed by atoms with van der Waals surface area (Å²) in [4.78, 5) is 19.0. The van der Waals surface area contributed by atoms with Crippen molar-refractivity contribution in [3.63, 3.8) is 0 Å². The van der Waals surface area contributed by atoms with Crippen molar-refractivity contribution in [3.05, 3.63) is 70.5 Å². The summed E-state index contributed by atoms with van der Waals surface area (Å²) in [5, 5.41) is 18.5. The fourth-order valence-corrected chi connectivity index (χ4v) is 2.16. The Morgan fingerprint density at radius 3 is 1.20 bits per heavy atom. The molecule has 0 unspecified atom stereocenters. The Morgan fingerprint density at radius 1 is 0.640 bits per heavy atom. The molecule has 4 nitrogen and oxygen atoms in total. The zero-order valence-electron chi connectivity index (χ0n) is 14.9. The van der Waals surface area contributed by atoms with E-state index in [0.29, 0.717) is 0 Å². The Bertz CT molecular complexity index is 733. The second kappa shape index (κ2) is 10.7. The van der Waals surface area contributed by atoms with Crippen molar-refractivity contribution in [3.8, 4) is 11.5 Å². The first kappa shape index (κ1) is 22.9. The SMILES string of the molecule is CC(C)c1ccccc(O)c1=[OH+].CC(C)c1ccccc(O)c1=[OH+].[Cu]. The van der Waals surface area contributed by atoms with Gasteiger partial charge in [-0.05, 0) is 36.1 Å². The van der Waals surface area contributed by atoms with Crippen molar-refractivity contribution in [1.29, 1.82) is 0 Å². The maximum Gasteiger partial charge on any atom is 0.384 e. The van der Waals surface area contributed by atoms with Crippen LogP contribution in [0, 0.1) is 0 Å². The topological polar surface area (TPSA) is 83.3 Å². The molecular weight excluding hydrogens is 368 g/mol. The monoisotopic (exact) mass is 393 g/mol. The molecule has 4 N–H and O–H groups in total. The molecule has 1 radical (unpaired) electrons. The van der Waals surface area contributed by atoms with E-state index in [4.69, 9.17) is 0 Å². The zero-order chi connectivity index (χ0) is 18.3. The van der Waals surface area contributed by atoms with E-state index in [9.17, 15) is 19.8 Å². The predicted octanol–water partition coefficient (Wildman–Crippen LogP) is 3.04. The molecule has 25 heavy (non-hydrogen) atoms. The van der Waals surface area contributed by atoms with Crippen LogP contribution in [0.3, 0.4) is 0 Å². The van der Waals surface area contributed by atoms with E-state index < -0.39 is 0 Å². The molecule has 0 saturated carbocycles. The van der Waals surface area contributed by atoms with Crippen LogP contribution in [0.25, 0.3) is 0 Å². The largest absolute Gasteiger partial charge is 0.500 e. The quantitative estimate of drug-likeness (QED) is 0.607. The van der Waals surface area contributed by atoms with Gasteiger partial charge in [0.1, 0.15) is 0 Å². The summed E-state index contributed by atoms with van der Waals surface area (Å²) in [6.07, 6.45) is 0. The van der Waals surface area contributed by atoms with Crippen molar-refractivity contribution < 1.29 is 36.9 Å². The molecule has 0 heterocycles.